The number of aryl methyl sites for hydroxylation is 1. The van der Waals surface area contributed by atoms with E-state index >= 15 is 0 Å². The third kappa shape index (κ3) is 2.65. The Labute approximate surface area is 122 Å². The zero-order chi connectivity index (χ0) is 13.9. The Morgan fingerprint density at radius 3 is 2.45 bits per heavy atom. The molecule has 1 N–H and O–H groups in total. The molecule has 0 atom stereocenters. The van der Waals surface area contributed by atoms with Crippen molar-refractivity contribution in [1.82, 2.24) is 9.55 Å². The van der Waals surface area contributed by atoms with Crippen LogP contribution in [-0.4, -0.2) is 9.55 Å². The van der Waals surface area contributed by atoms with E-state index in [1.165, 1.54) is 0 Å². The van der Waals surface area contributed by atoms with Gasteiger partial charge in [-0.05, 0) is 43.4 Å². The van der Waals surface area contributed by atoms with Crippen LogP contribution in [-0.2, 0) is 0 Å². The maximum Gasteiger partial charge on any atom is 0.181 e. The summed E-state index contributed by atoms with van der Waals surface area (Å²) < 4.78 is 8.44. The molecule has 4 heteroatoms. The van der Waals surface area contributed by atoms with E-state index in [9.17, 15) is 0 Å². The van der Waals surface area contributed by atoms with Crippen molar-refractivity contribution in [3.05, 3.63) is 71.3 Å². The van der Waals surface area contributed by atoms with Gasteiger partial charge in [-0.3, -0.25) is 4.57 Å². The van der Waals surface area contributed by atoms with Gasteiger partial charge in [-0.25, -0.2) is 0 Å². The number of para-hydroxylation sites is 1. The largest absolute Gasteiger partial charge is 0.457 e. The van der Waals surface area contributed by atoms with Crippen LogP contribution in [0.3, 0.4) is 0 Å². The molecular weight excluding hydrogens is 268 g/mol. The van der Waals surface area contributed by atoms with Crippen LogP contribution in [0.25, 0.3) is 5.69 Å². The molecule has 1 heterocycles. The minimum absolute atomic E-state index is 0.680. The molecule has 0 bridgehead atoms. The molecule has 0 saturated carbocycles. The van der Waals surface area contributed by atoms with Gasteiger partial charge in [-0.15, -0.1) is 0 Å². The summed E-state index contributed by atoms with van der Waals surface area (Å²) in [6.07, 6.45) is 1.98. The normalized spacial score (nSPS) is 10.4. The maximum atomic E-state index is 5.83. The molecule has 0 aliphatic heterocycles. The summed E-state index contributed by atoms with van der Waals surface area (Å²) in [7, 11) is 0. The standard InChI is InChI=1S/C16H14N2OS/c1-12-11-18(16(20)17-12)13-6-5-9-15(10-13)19-14-7-3-2-4-8-14/h2-11H,1H3,(H,17,20). The predicted molar refractivity (Wildman–Crippen MR) is 82.2 cm³/mol. The molecule has 0 unspecified atom stereocenters. The van der Waals surface area contributed by atoms with Gasteiger partial charge in [-0.2, -0.15) is 0 Å². The summed E-state index contributed by atoms with van der Waals surface area (Å²) in [6.45, 7) is 1.98. The van der Waals surface area contributed by atoms with Crippen LogP contribution in [0.4, 0.5) is 0 Å². The van der Waals surface area contributed by atoms with Crippen molar-refractivity contribution in [3.8, 4) is 17.2 Å². The number of ether oxygens (including phenoxy) is 1. The fourth-order valence-electron chi connectivity index (χ4n) is 2.03. The second-order valence-electron chi connectivity index (χ2n) is 4.52. The smallest absolute Gasteiger partial charge is 0.181 e. The molecule has 2 aromatic carbocycles. The first kappa shape index (κ1) is 12.7. The van der Waals surface area contributed by atoms with E-state index in [0.29, 0.717) is 4.77 Å². The fraction of sp³-hybridized carbons (Fsp3) is 0.0625. The predicted octanol–water partition coefficient (Wildman–Crippen LogP) is 4.64. The Morgan fingerprint density at radius 1 is 1.00 bits per heavy atom. The van der Waals surface area contributed by atoms with Crippen molar-refractivity contribution in [2.75, 3.05) is 0 Å². The highest BCUT2D eigenvalue weighted by Gasteiger charge is 2.03. The van der Waals surface area contributed by atoms with Crippen LogP contribution in [0, 0.1) is 11.7 Å². The third-order valence-electron chi connectivity index (χ3n) is 2.92. The number of aromatic nitrogens is 2. The Morgan fingerprint density at radius 2 is 1.75 bits per heavy atom. The molecule has 0 aliphatic rings. The van der Waals surface area contributed by atoms with Crippen LogP contribution in [0.5, 0.6) is 11.5 Å². The van der Waals surface area contributed by atoms with Crippen LogP contribution < -0.4 is 4.74 Å². The average Bonchev–Trinajstić information content (AvgIpc) is 2.79. The summed E-state index contributed by atoms with van der Waals surface area (Å²) in [5.41, 5.74) is 2.01. The number of hydrogen-bond acceptors (Lipinski definition) is 2. The van der Waals surface area contributed by atoms with Crippen LogP contribution in [0.1, 0.15) is 5.69 Å². The zero-order valence-electron chi connectivity index (χ0n) is 11.0. The van der Waals surface area contributed by atoms with E-state index in [1.54, 1.807) is 0 Å². The van der Waals surface area contributed by atoms with Gasteiger partial charge in [0.05, 0.1) is 5.69 Å². The van der Waals surface area contributed by atoms with E-state index in [2.05, 4.69) is 4.98 Å². The second kappa shape index (κ2) is 5.35. The maximum absolute atomic E-state index is 5.83. The minimum Gasteiger partial charge on any atom is -0.457 e. The Kier molecular flexibility index (Phi) is 3.39. The van der Waals surface area contributed by atoms with Gasteiger partial charge >= 0.3 is 0 Å². The zero-order valence-corrected chi connectivity index (χ0v) is 11.9. The van der Waals surface area contributed by atoms with Crippen LogP contribution >= 0.6 is 12.2 Å². The average molecular weight is 282 g/mol. The lowest BCUT2D eigenvalue weighted by Crippen LogP contribution is -1.93. The summed E-state index contributed by atoms with van der Waals surface area (Å²) in [6, 6.07) is 17.6. The van der Waals surface area contributed by atoms with Crippen molar-refractivity contribution in [3.63, 3.8) is 0 Å². The van der Waals surface area contributed by atoms with Gasteiger partial charge in [0.1, 0.15) is 11.5 Å². The highest BCUT2D eigenvalue weighted by molar-refractivity contribution is 7.71. The second-order valence-corrected chi connectivity index (χ2v) is 4.91. The molecule has 100 valence electrons. The minimum atomic E-state index is 0.680. The topological polar surface area (TPSA) is 29.9 Å². The Bertz CT molecular complexity index is 774. The fourth-order valence-corrected chi connectivity index (χ4v) is 2.35. The lowest BCUT2D eigenvalue weighted by atomic mass is 10.3. The van der Waals surface area contributed by atoms with E-state index in [4.69, 9.17) is 17.0 Å². The molecule has 20 heavy (non-hydrogen) atoms. The first-order valence-electron chi connectivity index (χ1n) is 6.34. The SMILES string of the molecule is Cc1cn(-c2cccc(Oc3ccccc3)c2)c(=S)[nH]1. The van der Waals surface area contributed by atoms with Crippen molar-refractivity contribution >= 4 is 12.2 Å². The molecule has 0 aliphatic carbocycles. The monoisotopic (exact) mass is 282 g/mol. The third-order valence-corrected chi connectivity index (χ3v) is 3.22. The van der Waals surface area contributed by atoms with Gasteiger partial charge in [0.2, 0.25) is 0 Å². The van der Waals surface area contributed by atoms with E-state index in [1.807, 2.05) is 72.3 Å². The highest BCUT2D eigenvalue weighted by atomic mass is 32.1. The number of H-pyrrole nitrogens is 1. The molecule has 3 nitrogen and oxygen atoms in total. The Hall–Kier alpha value is -2.33. The summed E-state index contributed by atoms with van der Waals surface area (Å²) in [5, 5.41) is 0. The lowest BCUT2D eigenvalue weighted by molar-refractivity contribution is 0.482. The van der Waals surface area contributed by atoms with Gasteiger partial charge < -0.3 is 9.72 Å². The quantitative estimate of drug-likeness (QED) is 0.709. The Balaban J connectivity index is 1.94. The van der Waals surface area contributed by atoms with Gasteiger partial charge in [0.25, 0.3) is 0 Å². The van der Waals surface area contributed by atoms with Gasteiger partial charge in [0, 0.05) is 18.0 Å². The first-order chi connectivity index (χ1) is 9.72. The lowest BCUT2D eigenvalue weighted by Gasteiger charge is -2.08. The number of aromatic amines is 1. The molecular formula is C16H14N2OS. The number of nitrogens with one attached hydrogen (secondary N) is 1. The molecule has 1 aromatic heterocycles. The summed E-state index contributed by atoms with van der Waals surface area (Å²) in [4.78, 5) is 3.11. The van der Waals surface area contributed by atoms with E-state index in [0.717, 1.165) is 22.9 Å². The van der Waals surface area contributed by atoms with E-state index < -0.39 is 0 Å². The van der Waals surface area contributed by atoms with Crippen LogP contribution in [0.2, 0.25) is 0 Å². The number of nitrogens with zero attached hydrogens (tertiary/aromatic N) is 1. The van der Waals surface area contributed by atoms with Crippen LogP contribution in [0.15, 0.2) is 60.8 Å². The summed E-state index contributed by atoms with van der Waals surface area (Å²) >= 11 is 5.29. The van der Waals surface area contributed by atoms with E-state index in [-0.39, 0.29) is 0 Å². The number of benzene rings is 2. The van der Waals surface area contributed by atoms with Gasteiger partial charge in [0.15, 0.2) is 4.77 Å². The van der Waals surface area contributed by atoms with Crippen molar-refractivity contribution in [2.45, 2.75) is 6.92 Å². The van der Waals surface area contributed by atoms with Crippen molar-refractivity contribution in [2.24, 2.45) is 0 Å². The molecule has 0 amide bonds. The summed E-state index contributed by atoms with van der Waals surface area (Å²) in [5.74, 6) is 1.60. The number of rotatable bonds is 3. The highest BCUT2D eigenvalue weighted by Crippen LogP contribution is 2.23. The van der Waals surface area contributed by atoms with Crippen molar-refractivity contribution in [1.29, 1.82) is 0 Å². The molecule has 3 aromatic rings. The molecule has 0 spiro atoms. The molecule has 3 rings (SSSR count). The number of imidazole rings is 1. The molecule has 0 saturated heterocycles. The molecule has 0 fully saturated rings. The molecule has 0 radical (unpaired) electrons. The first-order valence-corrected chi connectivity index (χ1v) is 6.75. The number of hydrogen-bond donors (Lipinski definition) is 1. The van der Waals surface area contributed by atoms with Gasteiger partial charge in [-0.1, -0.05) is 24.3 Å². The van der Waals surface area contributed by atoms with Crippen molar-refractivity contribution < 1.29 is 4.74 Å².